The van der Waals surface area contributed by atoms with Gasteiger partial charge in [0.2, 0.25) is 0 Å². The Morgan fingerprint density at radius 3 is 2.19 bits per heavy atom. The van der Waals surface area contributed by atoms with Crippen molar-refractivity contribution in [1.82, 2.24) is 0 Å². The van der Waals surface area contributed by atoms with Crippen molar-refractivity contribution in [3.8, 4) is 0 Å². The summed E-state index contributed by atoms with van der Waals surface area (Å²) < 4.78 is 12.8. The molecule has 1 aromatic carbocycles. The molecule has 0 N–H and O–H groups in total. The van der Waals surface area contributed by atoms with Crippen LogP contribution >= 0.6 is 0 Å². The van der Waals surface area contributed by atoms with Gasteiger partial charge in [0, 0.05) is 23.8 Å². The van der Waals surface area contributed by atoms with Crippen LogP contribution < -0.4 is 0 Å². The second kappa shape index (κ2) is 12.2. The molecule has 1 aromatic rings. The zero-order chi connectivity index (χ0) is 27.3. The smallest absolute Gasteiger partial charge is 0.330 e. The Morgan fingerprint density at radius 1 is 1.03 bits per heavy atom. The fourth-order valence-corrected chi connectivity index (χ4v) is 6.65. The van der Waals surface area contributed by atoms with Gasteiger partial charge in [-0.3, -0.25) is 0 Å². The molecular weight excluding hydrogens is 464 g/mol. The van der Waals surface area contributed by atoms with Crippen LogP contribution in [0.1, 0.15) is 80.2 Å². The molecule has 1 unspecified atom stereocenters. The van der Waals surface area contributed by atoms with Crippen LogP contribution in [0, 0.1) is 23.7 Å². The van der Waals surface area contributed by atoms with E-state index >= 15 is 0 Å². The highest BCUT2D eigenvalue weighted by Gasteiger charge is 2.43. The van der Waals surface area contributed by atoms with E-state index in [0.29, 0.717) is 5.92 Å². The van der Waals surface area contributed by atoms with Gasteiger partial charge in [-0.25, -0.2) is 4.79 Å². The van der Waals surface area contributed by atoms with Crippen LogP contribution in [-0.2, 0) is 24.2 Å². The van der Waals surface area contributed by atoms with E-state index in [1.807, 2.05) is 26.0 Å². The maximum atomic E-state index is 13.0. The topological polar surface area (TPSA) is 52.6 Å². The molecule has 0 saturated heterocycles. The number of ether oxygens (including phenoxy) is 1. The first kappa shape index (κ1) is 30.5. The number of aldehydes is 1. The van der Waals surface area contributed by atoms with Crippen molar-refractivity contribution in [3.05, 3.63) is 48.0 Å². The molecule has 0 spiro atoms. The first-order valence-corrected chi connectivity index (χ1v) is 16.6. The van der Waals surface area contributed by atoms with Gasteiger partial charge >= 0.3 is 5.97 Å². The second-order valence-corrected chi connectivity index (χ2v) is 17.9. The lowest BCUT2D eigenvalue weighted by molar-refractivity contribution is -0.150. The standard InChI is InChI=1S/C31H50O4Si/c1-22-16-18-26(31(7,8)25-14-12-11-13-15-25)27(20-22)34-28(33)19-17-23(2)29(24(3)21-32)35-36(9,10)30(4,5)6/h11-15,17,19,21-24,26-27,29H,16,18,20H2,1-10H3/b19-17+/t22-,23-,24+,26-,27?,29-/m1/s1. The maximum Gasteiger partial charge on any atom is 0.330 e. The summed E-state index contributed by atoms with van der Waals surface area (Å²) in [6, 6.07) is 10.6. The van der Waals surface area contributed by atoms with Crippen LogP contribution in [0.3, 0.4) is 0 Å². The minimum atomic E-state index is -2.08. The van der Waals surface area contributed by atoms with Crippen molar-refractivity contribution < 1.29 is 18.8 Å². The summed E-state index contributed by atoms with van der Waals surface area (Å²) in [5.41, 5.74) is 1.19. The third-order valence-corrected chi connectivity index (χ3v) is 13.3. The monoisotopic (exact) mass is 514 g/mol. The fourth-order valence-electron chi connectivity index (χ4n) is 5.18. The predicted octanol–water partition coefficient (Wildman–Crippen LogP) is 7.73. The average molecular weight is 515 g/mol. The van der Waals surface area contributed by atoms with E-state index in [9.17, 15) is 9.59 Å². The number of benzene rings is 1. The molecule has 36 heavy (non-hydrogen) atoms. The van der Waals surface area contributed by atoms with Gasteiger partial charge in [-0.2, -0.15) is 0 Å². The van der Waals surface area contributed by atoms with Crippen LogP contribution in [0.15, 0.2) is 42.5 Å². The highest BCUT2D eigenvalue weighted by Crippen LogP contribution is 2.44. The Labute approximate surface area is 221 Å². The summed E-state index contributed by atoms with van der Waals surface area (Å²) in [6.45, 7) is 21.7. The van der Waals surface area contributed by atoms with E-state index in [-0.39, 0.29) is 46.4 Å². The summed E-state index contributed by atoms with van der Waals surface area (Å²) >= 11 is 0. The average Bonchev–Trinajstić information content (AvgIpc) is 2.80. The molecule has 0 heterocycles. The molecule has 0 radical (unpaired) electrons. The molecule has 202 valence electrons. The minimum Gasteiger partial charge on any atom is -0.459 e. The molecule has 0 aromatic heterocycles. The summed E-state index contributed by atoms with van der Waals surface area (Å²) in [7, 11) is -2.08. The van der Waals surface area contributed by atoms with Gasteiger partial charge < -0.3 is 14.0 Å². The van der Waals surface area contributed by atoms with Crippen molar-refractivity contribution in [2.75, 3.05) is 0 Å². The van der Waals surface area contributed by atoms with E-state index in [1.54, 1.807) is 6.08 Å². The van der Waals surface area contributed by atoms with Gasteiger partial charge in [0.1, 0.15) is 12.4 Å². The van der Waals surface area contributed by atoms with Crippen LogP contribution in [0.4, 0.5) is 0 Å². The SMILES string of the molecule is C[C@@H]1CC[C@@H](C(C)(C)c2ccccc2)C(OC(=O)/C=C/[C@@H](C)[C@@H](O[Si](C)(C)C(C)(C)C)[C@@H](C)C=O)C1. The zero-order valence-electron chi connectivity index (χ0n) is 24.3. The number of carbonyl (C=O) groups is 2. The number of esters is 1. The summed E-state index contributed by atoms with van der Waals surface area (Å²) in [6.07, 6.45) is 7.06. The lowest BCUT2D eigenvalue weighted by atomic mass is 9.64. The fraction of sp³-hybridized carbons (Fsp3) is 0.677. The van der Waals surface area contributed by atoms with Crippen LogP contribution in [0.25, 0.3) is 0 Å². The highest BCUT2D eigenvalue weighted by atomic mass is 28.4. The molecule has 1 aliphatic rings. The molecule has 0 bridgehead atoms. The van der Waals surface area contributed by atoms with E-state index in [2.05, 4.69) is 78.9 Å². The zero-order valence-corrected chi connectivity index (χ0v) is 25.3. The number of hydrogen-bond acceptors (Lipinski definition) is 4. The Balaban J connectivity index is 2.16. The van der Waals surface area contributed by atoms with E-state index in [1.165, 1.54) is 5.56 Å². The van der Waals surface area contributed by atoms with Gasteiger partial charge in [0.25, 0.3) is 0 Å². The molecule has 4 nitrogen and oxygen atoms in total. The lowest BCUT2D eigenvalue weighted by Crippen LogP contribution is -2.47. The van der Waals surface area contributed by atoms with Crippen LogP contribution in [-0.4, -0.2) is 32.8 Å². The highest BCUT2D eigenvalue weighted by molar-refractivity contribution is 6.74. The molecule has 0 aliphatic heterocycles. The van der Waals surface area contributed by atoms with Gasteiger partial charge in [-0.15, -0.1) is 0 Å². The van der Waals surface area contributed by atoms with Crippen molar-refractivity contribution in [2.24, 2.45) is 23.7 Å². The minimum absolute atomic E-state index is 0.0362. The third-order valence-electron chi connectivity index (χ3n) is 8.79. The number of rotatable bonds is 10. The van der Waals surface area contributed by atoms with Gasteiger partial charge in [-0.1, -0.05) is 98.2 Å². The van der Waals surface area contributed by atoms with Gasteiger partial charge in [0.15, 0.2) is 8.32 Å². The van der Waals surface area contributed by atoms with Gasteiger partial charge in [0.05, 0.1) is 6.10 Å². The molecule has 5 heteroatoms. The largest absolute Gasteiger partial charge is 0.459 e. The van der Waals surface area contributed by atoms with Crippen molar-refractivity contribution in [2.45, 2.75) is 110 Å². The molecule has 1 aliphatic carbocycles. The van der Waals surface area contributed by atoms with Gasteiger partial charge in [-0.05, 0) is 47.9 Å². The van der Waals surface area contributed by atoms with E-state index in [4.69, 9.17) is 9.16 Å². The predicted molar refractivity (Wildman–Crippen MR) is 151 cm³/mol. The summed E-state index contributed by atoms with van der Waals surface area (Å²) in [5.74, 6) is 0.137. The maximum absolute atomic E-state index is 13.0. The van der Waals surface area contributed by atoms with Crippen molar-refractivity contribution in [3.63, 3.8) is 0 Å². The Morgan fingerprint density at radius 2 is 1.64 bits per heavy atom. The Hall–Kier alpha value is -1.72. The molecule has 1 saturated carbocycles. The summed E-state index contributed by atoms with van der Waals surface area (Å²) in [5, 5.41) is 0.0362. The molecule has 1 fully saturated rings. The first-order valence-electron chi connectivity index (χ1n) is 13.7. The van der Waals surface area contributed by atoms with Crippen LogP contribution in [0.5, 0.6) is 0 Å². The third kappa shape index (κ3) is 7.64. The Kier molecular flexibility index (Phi) is 10.3. The molecular formula is C31H50O4Si. The quantitative estimate of drug-likeness (QED) is 0.139. The second-order valence-electron chi connectivity index (χ2n) is 13.1. The van der Waals surface area contributed by atoms with Crippen LogP contribution in [0.2, 0.25) is 18.1 Å². The van der Waals surface area contributed by atoms with E-state index < -0.39 is 8.32 Å². The molecule has 2 rings (SSSR count). The summed E-state index contributed by atoms with van der Waals surface area (Å²) in [4.78, 5) is 24.7. The lowest BCUT2D eigenvalue weighted by Gasteiger charge is -2.43. The first-order chi connectivity index (χ1) is 16.6. The molecule has 6 atom stereocenters. The van der Waals surface area contributed by atoms with Crippen molar-refractivity contribution in [1.29, 1.82) is 0 Å². The van der Waals surface area contributed by atoms with E-state index in [0.717, 1.165) is 25.5 Å². The normalized spacial score (nSPS) is 24.2. The number of carbonyl (C=O) groups excluding carboxylic acids is 2. The van der Waals surface area contributed by atoms with Crippen molar-refractivity contribution >= 4 is 20.6 Å². The number of hydrogen-bond donors (Lipinski definition) is 0. The molecule has 0 amide bonds. The Bertz CT molecular complexity index is 884.